The molecule has 0 aromatic heterocycles. The lowest BCUT2D eigenvalue weighted by molar-refractivity contribution is -0.195. The van der Waals surface area contributed by atoms with Crippen LogP contribution in [-0.2, 0) is 18.4 Å². The summed E-state index contributed by atoms with van der Waals surface area (Å²) in [6, 6.07) is 21.0. The van der Waals surface area contributed by atoms with Crippen LogP contribution in [0.15, 0.2) is 60.7 Å². The molecule has 0 bridgehead atoms. The molecule has 0 N–H and O–H groups in total. The maximum atomic E-state index is 13.3. The van der Waals surface area contributed by atoms with E-state index in [1.807, 2.05) is 12.1 Å². The molecular weight excluding hydrogens is 480 g/mol. The van der Waals surface area contributed by atoms with Crippen molar-refractivity contribution in [1.82, 2.24) is 0 Å². The average Bonchev–Trinajstić information content (AvgIpc) is 2.79. The van der Waals surface area contributed by atoms with E-state index in [1.165, 1.54) is 10.4 Å². The van der Waals surface area contributed by atoms with E-state index in [9.17, 15) is 4.79 Å². The third-order valence-corrected chi connectivity index (χ3v) is 17.5. The fourth-order valence-corrected chi connectivity index (χ4v) is 10.4. The van der Waals surface area contributed by atoms with Crippen molar-refractivity contribution in [2.75, 3.05) is 13.2 Å². The van der Waals surface area contributed by atoms with Crippen LogP contribution >= 0.6 is 0 Å². The first kappa shape index (κ1) is 29.0. The van der Waals surface area contributed by atoms with Gasteiger partial charge in [0, 0.05) is 12.0 Å². The Balaban J connectivity index is 1.78. The quantitative estimate of drug-likeness (QED) is 0.379. The largest absolute Gasteiger partial charge is 0.416 e. The number of hydrogen-bond donors (Lipinski definition) is 0. The van der Waals surface area contributed by atoms with E-state index >= 15 is 0 Å². The summed E-state index contributed by atoms with van der Waals surface area (Å²) in [5.41, 5.74) is -0.388. The van der Waals surface area contributed by atoms with Crippen molar-refractivity contribution in [1.29, 1.82) is 0 Å². The lowest BCUT2D eigenvalue weighted by Crippen LogP contribution is -2.68. The van der Waals surface area contributed by atoms with Crippen LogP contribution < -0.4 is 10.4 Å². The summed E-state index contributed by atoms with van der Waals surface area (Å²) in [6.07, 6.45) is -1.00. The van der Waals surface area contributed by atoms with E-state index in [2.05, 4.69) is 117 Å². The summed E-state index contributed by atoms with van der Waals surface area (Å²) in [4.78, 5) is 13.3. The molecule has 0 spiro atoms. The van der Waals surface area contributed by atoms with Gasteiger partial charge >= 0.3 is 0 Å². The Hall–Kier alpha value is -1.58. The molecule has 198 valence electrons. The second kappa shape index (κ2) is 10.3. The lowest BCUT2D eigenvalue weighted by Gasteiger charge is -2.48. The Kier molecular flexibility index (Phi) is 8.29. The highest BCUT2D eigenvalue weighted by atomic mass is 28.4. The van der Waals surface area contributed by atoms with Crippen LogP contribution in [0.4, 0.5) is 0 Å². The number of ketones is 1. The van der Waals surface area contributed by atoms with E-state index in [4.69, 9.17) is 13.6 Å². The second-order valence-corrected chi connectivity index (χ2v) is 22.5. The molecule has 4 nitrogen and oxygen atoms in total. The van der Waals surface area contributed by atoms with Gasteiger partial charge in [0.15, 0.2) is 14.1 Å². The Morgan fingerprint density at radius 3 is 1.61 bits per heavy atom. The van der Waals surface area contributed by atoms with E-state index < -0.39 is 28.8 Å². The Labute approximate surface area is 221 Å². The van der Waals surface area contributed by atoms with Crippen LogP contribution in [0.2, 0.25) is 23.2 Å². The van der Waals surface area contributed by atoms with Crippen molar-refractivity contribution in [3.63, 3.8) is 0 Å². The molecule has 0 aliphatic carbocycles. The Bertz CT molecular complexity index is 981. The van der Waals surface area contributed by atoms with Crippen molar-refractivity contribution in [2.45, 2.75) is 90.8 Å². The van der Waals surface area contributed by atoms with Gasteiger partial charge in [0.25, 0.3) is 8.32 Å². The summed E-state index contributed by atoms with van der Waals surface area (Å²) >= 11 is 0. The first-order chi connectivity index (χ1) is 16.5. The molecule has 1 aliphatic rings. The molecule has 1 saturated heterocycles. The van der Waals surface area contributed by atoms with Gasteiger partial charge in [-0.05, 0) is 33.5 Å². The topological polar surface area (TPSA) is 44.8 Å². The number of carbonyl (C=O) groups is 1. The van der Waals surface area contributed by atoms with Gasteiger partial charge in [-0.1, -0.05) is 116 Å². The molecule has 6 heteroatoms. The minimum Gasteiger partial charge on any atom is -0.416 e. The predicted molar refractivity (Wildman–Crippen MR) is 154 cm³/mol. The monoisotopic (exact) mass is 526 g/mol. The highest BCUT2D eigenvalue weighted by Crippen LogP contribution is 2.41. The summed E-state index contributed by atoms with van der Waals surface area (Å²) in [7, 11) is -4.61. The van der Waals surface area contributed by atoms with Crippen molar-refractivity contribution < 1.29 is 18.4 Å². The van der Waals surface area contributed by atoms with Gasteiger partial charge in [-0.15, -0.1) is 0 Å². The highest BCUT2D eigenvalue weighted by molar-refractivity contribution is 6.99. The number of benzene rings is 2. The zero-order valence-electron chi connectivity index (χ0n) is 24.0. The maximum absolute atomic E-state index is 13.3. The highest BCUT2D eigenvalue weighted by Gasteiger charge is 2.54. The van der Waals surface area contributed by atoms with Crippen LogP contribution in [0, 0.1) is 5.41 Å². The molecule has 2 atom stereocenters. The molecule has 1 aliphatic heterocycles. The third kappa shape index (κ3) is 5.63. The van der Waals surface area contributed by atoms with Crippen LogP contribution in [0.1, 0.15) is 55.4 Å². The molecule has 0 amide bonds. The molecule has 3 rings (SSSR count). The van der Waals surface area contributed by atoms with Crippen molar-refractivity contribution in [2.24, 2.45) is 5.41 Å². The fraction of sp³-hybridized carbons (Fsp3) is 0.567. The normalized spacial score (nSPS) is 19.8. The first-order valence-corrected chi connectivity index (χ1v) is 17.9. The molecule has 2 aromatic carbocycles. The SMILES string of the molecule is CC(C)(CO[Si](C)(C)C(C)(C)C)[C@@H]1O[C@H](CO[Si](c2ccccc2)(c2ccccc2)C(C)(C)C)C1=O. The van der Waals surface area contributed by atoms with E-state index in [0.29, 0.717) is 6.61 Å². The van der Waals surface area contributed by atoms with Crippen molar-refractivity contribution in [3.05, 3.63) is 60.7 Å². The molecule has 2 aromatic rings. The van der Waals surface area contributed by atoms with Crippen molar-refractivity contribution in [3.8, 4) is 0 Å². The number of carbonyl (C=O) groups excluding carboxylic acids is 1. The maximum Gasteiger partial charge on any atom is 0.261 e. The van der Waals surface area contributed by atoms with Crippen LogP contribution in [0.3, 0.4) is 0 Å². The van der Waals surface area contributed by atoms with Crippen molar-refractivity contribution >= 4 is 32.8 Å². The minimum atomic E-state index is -2.70. The first-order valence-electron chi connectivity index (χ1n) is 13.1. The van der Waals surface area contributed by atoms with Crippen LogP contribution in [-0.4, -0.2) is 47.8 Å². The zero-order valence-corrected chi connectivity index (χ0v) is 26.0. The molecule has 0 unspecified atom stereocenters. The van der Waals surface area contributed by atoms with Gasteiger partial charge in [-0.3, -0.25) is 4.79 Å². The fourth-order valence-electron chi connectivity index (χ4n) is 4.71. The molecule has 1 heterocycles. The average molecular weight is 527 g/mol. The summed E-state index contributed by atoms with van der Waals surface area (Å²) in [5.74, 6) is 0.122. The molecular formula is C30H46O4Si2. The van der Waals surface area contributed by atoms with E-state index in [0.717, 1.165) is 0 Å². The number of ether oxygens (including phenoxy) is 1. The van der Waals surface area contributed by atoms with Gasteiger partial charge in [-0.2, -0.15) is 0 Å². The minimum absolute atomic E-state index is 0.122. The lowest BCUT2D eigenvalue weighted by atomic mass is 9.80. The summed E-state index contributed by atoms with van der Waals surface area (Å²) < 4.78 is 19.6. The number of Topliss-reactive ketones (excluding diaryl/α,β-unsaturated/α-hetero) is 1. The molecule has 1 fully saturated rings. The van der Waals surface area contributed by atoms with Gasteiger partial charge in [-0.25, -0.2) is 0 Å². The Morgan fingerprint density at radius 1 is 0.750 bits per heavy atom. The van der Waals surface area contributed by atoms with Gasteiger partial charge in [0.2, 0.25) is 0 Å². The smallest absolute Gasteiger partial charge is 0.261 e. The second-order valence-electron chi connectivity index (χ2n) is 13.4. The summed E-state index contributed by atoms with van der Waals surface area (Å²) in [5, 5.41) is 2.39. The van der Waals surface area contributed by atoms with Gasteiger partial charge in [0.05, 0.1) is 6.61 Å². The predicted octanol–water partition coefficient (Wildman–Crippen LogP) is 5.95. The van der Waals surface area contributed by atoms with E-state index in [-0.39, 0.29) is 27.9 Å². The molecule has 0 saturated carbocycles. The zero-order chi connectivity index (χ0) is 27.0. The van der Waals surface area contributed by atoms with Crippen LogP contribution in [0.25, 0.3) is 0 Å². The Morgan fingerprint density at radius 2 is 1.22 bits per heavy atom. The number of hydrogen-bond acceptors (Lipinski definition) is 4. The summed E-state index contributed by atoms with van der Waals surface area (Å²) in [6.45, 7) is 22.8. The molecule has 0 radical (unpaired) electrons. The van der Waals surface area contributed by atoms with Gasteiger partial charge < -0.3 is 13.6 Å². The van der Waals surface area contributed by atoms with E-state index in [1.54, 1.807) is 0 Å². The standard InChI is InChI=1S/C30H46O4Si2/c1-28(2,3)35(9,10)33-22-30(7,8)27-26(31)25(34-27)21-32-36(29(4,5)6,23-17-13-11-14-18-23)24-19-15-12-16-20-24/h11-20,25,27H,21-22H2,1-10H3/t25-,27-/m1/s1. The number of rotatable bonds is 9. The molecule has 36 heavy (non-hydrogen) atoms. The van der Waals surface area contributed by atoms with Gasteiger partial charge in [0.1, 0.15) is 12.2 Å². The van der Waals surface area contributed by atoms with Crippen LogP contribution in [0.5, 0.6) is 0 Å². The third-order valence-electron chi connectivity index (χ3n) is 8.07.